The topological polar surface area (TPSA) is 21.3 Å². The normalized spacial score (nSPS) is 15.0. The van der Waals surface area contributed by atoms with E-state index in [1.807, 2.05) is 7.05 Å². The van der Waals surface area contributed by atoms with Crippen LogP contribution in [-0.2, 0) is 24.4 Å². The number of hydrogen-bond donors (Lipinski definition) is 1. The van der Waals surface area contributed by atoms with E-state index in [1.54, 1.807) is 18.2 Å². The lowest BCUT2D eigenvalue weighted by atomic mass is 9.96. The Balaban J connectivity index is 1.87. The van der Waals surface area contributed by atoms with Gasteiger partial charge in [0.1, 0.15) is 5.82 Å². The van der Waals surface area contributed by atoms with Crippen LogP contribution in [0.4, 0.5) is 4.39 Å². The summed E-state index contributed by atoms with van der Waals surface area (Å²) in [6.07, 6.45) is 0.558. The van der Waals surface area contributed by atoms with Gasteiger partial charge in [0.25, 0.3) is 0 Å². The van der Waals surface area contributed by atoms with E-state index in [9.17, 15) is 4.39 Å². The van der Waals surface area contributed by atoms with E-state index in [0.29, 0.717) is 25.2 Å². The van der Waals surface area contributed by atoms with E-state index in [0.717, 1.165) is 5.56 Å². The summed E-state index contributed by atoms with van der Waals surface area (Å²) in [5, 5.41) is 3.43. The van der Waals surface area contributed by atoms with Crippen LogP contribution in [0.3, 0.4) is 0 Å². The Morgan fingerprint density at radius 2 is 2.05 bits per heavy atom. The Labute approximate surface area is 128 Å². The highest BCUT2D eigenvalue weighted by Gasteiger charge is 2.17. The Bertz CT molecular complexity index is 659. The maximum Gasteiger partial charge on any atom is 0.145 e. The number of fused-ring (bicyclic) bond motifs is 1. The first-order valence-corrected chi connectivity index (χ1v) is 7.36. The van der Waals surface area contributed by atoms with Crippen molar-refractivity contribution in [3.05, 3.63) is 69.5 Å². The lowest BCUT2D eigenvalue weighted by molar-refractivity contribution is 0.134. The third-order valence-electron chi connectivity index (χ3n) is 3.95. The number of benzene rings is 2. The molecule has 0 radical (unpaired) electrons. The second-order valence-corrected chi connectivity index (χ2v) is 5.69. The zero-order valence-electron chi connectivity index (χ0n) is 11.8. The minimum Gasteiger partial charge on any atom is -0.372 e. The van der Waals surface area contributed by atoms with Crippen LogP contribution in [0.2, 0.25) is 5.02 Å². The van der Waals surface area contributed by atoms with Gasteiger partial charge in [-0.3, -0.25) is 0 Å². The first-order chi connectivity index (χ1) is 10.2. The molecule has 1 aliphatic rings. The van der Waals surface area contributed by atoms with Crippen LogP contribution < -0.4 is 5.32 Å². The van der Waals surface area contributed by atoms with E-state index in [4.69, 9.17) is 16.3 Å². The van der Waals surface area contributed by atoms with Crippen LogP contribution in [0.5, 0.6) is 0 Å². The summed E-state index contributed by atoms with van der Waals surface area (Å²) < 4.78 is 19.5. The lowest BCUT2D eigenvalue weighted by Crippen LogP contribution is -2.19. The average molecular weight is 306 g/mol. The molecule has 0 fully saturated rings. The molecule has 0 amide bonds. The Morgan fingerprint density at radius 1 is 1.24 bits per heavy atom. The largest absolute Gasteiger partial charge is 0.372 e. The summed E-state index contributed by atoms with van der Waals surface area (Å²) in [5.41, 5.74) is 4.22. The van der Waals surface area contributed by atoms with Crippen LogP contribution in [0.25, 0.3) is 0 Å². The van der Waals surface area contributed by atoms with Crippen molar-refractivity contribution in [3.8, 4) is 0 Å². The van der Waals surface area contributed by atoms with Gasteiger partial charge in [0.05, 0.1) is 18.2 Å². The predicted molar refractivity (Wildman–Crippen MR) is 81.8 cm³/mol. The molecule has 1 N–H and O–H groups in total. The Morgan fingerprint density at radius 3 is 2.86 bits per heavy atom. The number of hydrogen-bond acceptors (Lipinski definition) is 2. The van der Waals surface area contributed by atoms with Crippen LogP contribution in [0.1, 0.15) is 28.3 Å². The van der Waals surface area contributed by atoms with Gasteiger partial charge in [-0.25, -0.2) is 4.39 Å². The summed E-state index contributed by atoms with van der Waals surface area (Å²) in [4.78, 5) is 0. The van der Waals surface area contributed by atoms with Crippen molar-refractivity contribution in [2.75, 3.05) is 7.05 Å². The number of ether oxygens (including phenoxy) is 1. The summed E-state index contributed by atoms with van der Waals surface area (Å²) in [6, 6.07) is 11.5. The monoisotopic (exact) mass is 305 g/mol. The second-order valence-electron chi connectivity index (χ2n) is 5.28. The summed E-state index contributed by atoms with van der Waals surface area (Å²) >= 11 is 5.85. The molecule has 2 aromatic rings. The van der Waals surface area contributed by atoms with Gasteiger partial charge < -0.3 is 10.1 Å². The van der Waals surface area contributed by atoms with Crippen molar-refractivity contribution < 1.29 is 9.13 Å². The molecular formula is C17H17ClFNO. The first kappa shape index (κ1) is 14.5. The Hall–Kier alpha value is -1.42. The zero-order chi connectivity index (χ0) is 14.8. The third kappa shape index (κ3) is 2.95. The number of likely N-dealkylation sites (N-methyl/N-ethyl adjacent to an activating group) is 1. The van der Waals surface area contributed by atoms with Gasteiger partial charge in [-0.05, 0) is 41.8 Å². The Kier molecular flexibility index (Phi) is 4.24. The molecule has 4 heteroatoms. The summed E-state index contributed by atoms with van der Waals surface area (Å²) in [6.45, 7) is 1.34. The van der Waals surface area contributed by atoms with Crippen molar-refractivity contribution in [2.24, 2.45) is 0 Å². The molecule has 0 saturated heterocycles. The molecule has 1 atom stereocenters. The molecular weight excluding hydrogens is 289 g/mol. The molecule has 21 heavy (non-hydrogen) atoms. The van der Waals surface area contributed by atoms with Gasteiger partial charge >= 0.3 is 0 Å². The van der Waals surface area contributed by atoms with Crippen molar-refractivity contribution >= 4 is 11.6 Å². The molecule has 110 valence electrons. The highest BCUT2D eigenvalue weighted by atomic mass is 35.5. The second kappa shape index (κ2) is 6.14. The van der Waals surface area contributed by atoms with Crippen molar-refractivity contribution in [2.45, 2.75) is 25.7 Å². The molecule has 1 aliphatic heterocycles. The van der Waals surface area contributed by atoms with Crippen molar-refractivity contribution in [1.82, 2.24) is 5.32 Å². The predicted octanol–water partition coefficient (Wildman–Crippen LogP) is 4.01. The molecule has 3 rings (SSSR count). The first-order valence-electron chi connectivity index (χ1n) is 6.98. The molecule has 2 aromatic carbocycles. The molecule has 0 saturated carbocycles. The summed E-state index contributed by atoms with van der Waals surface area (Å²) in [5.74, 6) is -0.330. The molecule has 0 aromatic heterocycles. The van der Waals surface area contributed by atoms with Crippen LogP contribution in [0.15, 0.2) is 36.4 Å². The van der Waals surface area contributed by atoms with E-state index in [-0.39, 0.29) is 16.9 Å². The van der Waals surface area contributed by atoms with E-state index in [1.165, 1.54) is 11.1 Å². The van der Waals surface area contributed by atoms with E-state index >= 15 is 0 Å². The van der Waals surface area contributed by atoms with Gasteiger partial charge in [-0.15, -0.1) is 0 Å². The number of halogens is 2. The lowest BCUT2D eigenvalue weighted by Gasteiger charge is -2.18. The van der Waals surface area contributed by atoms with Gasteiger partial charge in [-0.1, -0.05) is 41.9 Å². The fourth-order valence-corrected chi connectivity index (χ4v) is 2.92. The standard InChI is InChI=1S/C17H17ClFNO/c1-20-16(8-12-3-2-4-15(18)17(12)19)11-5-6-13-9-21-10-14(13)7-11/h2-7,16,20H,8-10H2,1H3. The SMILES string of the molecule is CNC(Cc1cccc(Cl)c1F)c1ccc2c(c1)COC2. The highest BCUT2D eigenvalue weighted by Crippen LogP contribution is 2.27. The maximum absolute atomic E-state index is 14.1. The maximum atomic E-state index is 14.1. The van der Waals surface area contributed by atoms with Gasteiger partial charge in [0.2, 0.25) is 0 Å². The fraction of sp³-hybridized carbons (Fsp3) is 0.294. The average Bonchev–Trinajstić information content (AvgIpc) is 2.96. The van der Waals surface area contributed by atoms with Crippen LogP contribution in [-0.4, -0.2) is 7.05 Å². The number of nitrogens with one attached hydrogen (secondary N) is 1. The highest BCUT2D eigenvalue weighted by molar-refractivity contribution is 6.30. The van der Waals surface area contributed by atoms with Gasteiger partial charge in [0, 0.05) is 6.04 Å². The zero-order valence-corrected chi connectivity index (χ0v) is 12.6. The van der Waals surface area contributed by atoms with Crippen LogP contribution in [0, 0.1) is 5.82 Å². The quantitative estimate of drug-likeness (QED) is 0.921. The van der Waals surface area contributed by atoms with Gasteiger partial charge in [-0.2, -0.15) is 0 Å². The summed E-state index contributed by atoms with van der Waals surface area (Å²) in [7, 11) is 1.89. The molecule has 0 spiro atoms. The van der Waals surface area contributed by atoms with E-state index in [2.05, 4.69) is 23.5 Å². The third-order valence-corrected chi connectivity index (χ3v) is 4.24. The minimum atomic E-state index is -0.330. The van der Waals surface area contributed by atoms with Crippen LogP contribution >= 0.6 is 11.6 Å². The molecule has 0 aliphatic carbocycles. The molecule has 2 nitrogen and oxygen atoms in total. The molecule has 1 unspecified atom stereocenters. The van der Waals surface area contributed by atoms with E-state index < -0.39 is 0 Å². The van der Waals surface area contributed by atoms with Gasteiger partial charge in [0.15, 0.2) is 0 Å². The molecule has 0 bridgehead atoms. The minimum absolute atomic E-state index is 0.0452. The smallest absolute Gasteiger partial charge is 0.145 e. The van der Waals surface area contributed by atoms with Crippen molar-refractivity contribution in [1.29, 1.82) is 0 Å². The fourth-order valence-electron chi connectivity index (χ4n) is 2.72. The number of rotatable bonds is 4. The van der Waals surface area contributed by atoms with Crippen molar-refractivity contribution in [3.63, 3.8) is 0 Å². The molecule has 1 heterocycles.